The topological polar surface area (TPSA) is 221 Å². The number of carbonyl (C=O) groups excluding carboxylic acids is 4. The van der Waals surface area contributed by atoms with Gasteiger partial charge in [0.05, 0.1) is 63.0 Å². The van der Waals surface area contributed by atoms with E-state index in [4.69, 9.17) is 57.4 Å². The van der Waals surface area contributed by atoms with Crippen LogP contribution in [-0.2, 0) is 49.3 Å². The second kappa shape index (κ2) is 28.8. The van der Waals surface area contributed by atoms with Crippen LogP contribution in [0.25, 0.3) is 11.0 Å². The van der Waals surface area contributed by atoms with Gasteiger partial charge in [0.2, 0.25) is 0 Å². The molecule has 0 radical (unpaired) electrons. The van der Waals surface area contributed by atoms with Crippen LogP contribution in [0.1, 0.15) is 127 Å². The molecule has 8 unspecified atom stereocenters. The van der Waals surface area contributed by atoms with Crippen LogP contribution < -0.4 is 16.4 Å². The predicted octanol–water partition coefficient (Wildman–Crippen LogP) is 9.38. The molecule has 4 N–H and O–H groups in total. The molecule has 0 spiro atoms. The van der Waals surface area contributed by atoms with Crippen molar-refractivity contribution in [1.29, 1.82) is 0 Å². The van der Waals surface area contributed by atoms with Crippen molar-refractivity contribution < 1.29 is 47.6 Å². The molecule has 3 aromatic heterocycles. The number of ether oxygens (including phenoxy) is 6. The van der Waals surface area contributed by atoms with E-state index in [9.17, 15) is 19.2 Å². The van der Waals surface area contributed by atoms with Crippen molar-refractivity contribution in [1.82, 2.24) is 29.7 Å². The van der Waals surface area contributed by atoms with Crippen molar-refractivity contribution in [2.75, 3.05) is 52.2 Å². The maximum Gasteiger partial charge on any atom is 0.320 e. The summed E-state index contributed by atoms with van der Waals surface area (Å²) in [5.41, 5.74) is 4.82. The number of amides is 1. The van der Waals surface area contributed by atoms with Crippen molar-refractivity contribution in [3.05, 3.63) is 40.5 Å². The number of fused-ring (bicyclic) bond motifs is 2. The van der Waals surface area contributed by atoms with Gasteiger partial charge in [-0.1, -0.05) is 72.2 Å². The van der Waals surface area contributed by atoms with E-state index in [0.717, 1.165) is 6.42 Å². The lowest BCUT2D eigenvalue weighted by molar-refractivity contribution is -0.268. The van der Waals surface area contributed by atoms with E-state index in [2.05, 4.69) is 58.4 Å². The number of imidazole rings is 1. The minimum Gasteiger partial charge on any atom is -0.458 e. The van der Waals surface area contributed by atoms with Crippen LogP contribution >= 0.6 is 35.0 Å². The van der Waals surface area contributed by atoms with Gasteiger partial charge in [0.15, 0.2) is 17.7 Å². The first-order valence-electron chi connectivity index (χ1n) is 25.9. The smallest absolute Gasteiger partial charge is 0.320 e. The Morgan fingerprint density at radius 3 is 2.19 bits per heavy atom. The van der Waals surface area contributed by atoms with Gasteiger partial charge in [-0.05, 0) is 81.9 Å². The number of aromatic nitrogens is 4. The molecule has 6 heterocycles. The Kier molecular flexibility index (Phi) is 25.2. The fraction of sp³-hybridized carbons (Fsp3) is 0.722. The highest BCUT2D eigenvalue weighted by Crippen LogP contribution is 2.49. The van der Waals surface area contributed by atoms with E-state index in [0.29, 0.717) is 35.7 Å². The standard InChI is InChI=1S/C46H65Cl2N7O10S.C5H13N.C2H6.CH4/c1-12-31-46(8)33(39(44(59)65-46)66-14-13-55-21-53-35-36(55)28(18-52-41(35)49)42(57)54-34-29(47)19-51-20-30(34)48)24(4)37(56)22(2)17-45(7,61-11)40(25(5)38(60-10)26(6)43(58)63-31)64-32-16-27(50-9)15-23(3)62-32;1-5(2)6(3)4;1-2;/h18-27,31-33,38-40,50H,12-17H2,1-11H3,(H2,49,52)(H,51,54,57);5H,1-4H3;1-2H3;1H4/t22-,23?,24?,25+,26?,27?,31-,32?,33?,38+,39?,40-,45?,46-;;;/m1.../s1. The third-order valence-corrected chi connectivity index (χ3v) is 16.9. The number of methoxy groups -OCH3 is 2. The van der Waals surface area contributed by atoms with Gasteiger partial charge in [-0.15, -0.1) is 11.8 Å². The molecule has 3 aliphatic rings. The first-order valence-corrected chi connectivity index (χ1v) is 27.7. The SMILES string of the molecule is C.CC.CC(C)N(C)C.CC[C@H]1OC(=O)C(C)[C@@H](OC)[C@H](C)[C@@H](OC2CC(NC)CC(C)O2)C(C)(OC)C[C@@H](C)C(=O)C(C)C2C(SCCn3cnc4c(N)ncc(C(=O)Nc5c(Cl)cncc5Cl)c43)C(=O)O[C@@]21C. The predicted molar refractivity (Wildman–Crippen MR) is 299 cm³/mol. The molecular formula is C54H88Cl2N8O10S. The largest absolute Gasteiger partial charge is 0.458 e. The number of hydrogen-bond donors (Lipinski definition) is 3. The normalized spacial score (nSPS) is 31.5. The number of nitrogen functional groups attached to an aromatic ring is 1. The molecule has 3 aliphatic heterocycles. The number of nitrogens with one attached hydrogen (secondary N) is 2. The number of Topliss-reactive ketones (excluding diaryl/α,β-unsaturated/α-hetero) is 1. The first kappa shape index (κ1) is 65.6. The number of halogens is 2. The Morgan fingerprint density at radius 1 is 1.00 bits per heavy atom. The van der Waals surface area contributed by atoms with Crippen LogP contribution in [0.15, 0.2) is 24.9 Å². The first-order chi connectivity index (χ1) is 34.9. The Morgan fingerprint density at radius 2 is 1.63 bits per heavy atom. The summed E-state index contributed by atoms with van der Waals surface area (Å²) in [6, 6.07) is 0.847. The van der Waals surface area contributed by atoms with E-state index in [1.54, 1.807) is 39.0 Å². The van der Waals surface area contributed by atoms with Crippen molar-refractivity contribution in [3.8, 4) is 0 Å². The summed E-state index contributed by atoms with van der Waals surface area (Å²) in [5, 5.41) is 5.55. The molecule has 3 saturated heterocycles. The number of anilines is 2. The molecule has 18 nitrogen and oxygen atoms in total. The number of ketones is 1. The Labute approximate surface area is 460 Å². The molecule has 75 heavy (non-hydrogen) atoms. The van der Waals surface area contributed by atoms with Crippen LogP contribution in [0.2, 0.25) is 10.0 Å². The molecule has 0 bridgehead atoms. The third kappa shape index (κ3) is 15.1. The third-order valence-electron chi connectivity index (χ3n) is 15.0. The van der Waals surface area contributed by atoms with Crippen molar-refractivity contribution in [2.24, 2.45) is 29.6 Å². The van der Waals surface area contributed by atoms with Gasteiger partial charge in [-0.3, -0.25) is 24.2 Å². The number of rotatable bonds is 13. The van der Waals surface area contributed by atoms with Gasteiger partial charge in [0, 0.05) is 87.3 Å². The highest BCUT2D eigenvalue weighted by molar-refractivity contribution is 8.00. The number of esters is 2. The van der Waals surface area contributed by atoms with Crippen molar-refractivity contribution in [2.45, 2.75) is 182 Å². The van der Waals surface area contributed by atoms with Gasteiger partial charge in [-0.2, -0.15) is 0 Å². The summed E-state index contributed by atoms with van der Waals surface area (Å²) in [5.74, 6) is -4.58. The Hall–Kier alpha value is -3.66. The van der Waals surface area contributed by atoms with Gasteiger partial charge in [0.1, 0.15) is 22.7 Å². The Bertz CT molecular complexity index is 2340. The van der Waals surface area contributed by atoms with Crippen LogP contribution in [0.4, 0.5) is 11.5 Å². The number of pyridine rings is 2. The molecule has 0 aromatic carbocycles. The minimum atomic E-state index is -1.39. The zero-order chi connectivity index (χ0) is 55.6. The fourth-order valence-electron chi connectivity index (χ4n) is 10.5. The quantitative estimate of drug-likeness (QED) is 0.136. The minimum absolute atomic E-state index is 0. The lowest BCUT2D eigenvalue weighted by Gasteiger charge is -2.47. The zero-order valence-electron chi connectivity index (χ0n) is 46.6. The molecule has 21 heteroatoms. The summed E-state index contributed by atoms with van der Waals surface area (Å²) in [7, 11) is 9.22. The van der Waals surface area contributed by atoms with E-state index >= 15 is 0 Å². The number of hydrogen-bond acceptors (Lipinski definition) is 17. The molecule has 1 amide bonds. The molecular weight excluding hydrogens is 1020 g/mol. The summed E-state index contributed by atoms with van der Waals surface area (Å²) in [6.45, 7) is 23.6. The lowest BCUT2D eigenvalue weighted by Crippen LogP contribution is -2.57. The number of cyclic esters (lactones) is 1. The van der Waals surface area contributed by atoms with Gasteiger partial charge < -0.3 is 54.3 Å². The van der Waals surface area contributed by atoms with Gasteiger partial charge >= 0.3 is 11.9 Å². The lowest BCUT2D eigenvalue weighted by atomic mass is 9.70. The number of carbonyl (C=O) groups is 4. The molecule has 6 rings (SSSR count). The molecule has 0 saturated carbocycles. The van der Waals surface area contributed by atoms with E-state index in [-0.39, 0.29) is 65.4 Å². The maximum absolute atomic E-state index is 15.0. The average Bonchev–Trinajstić information content (AvgIpc) is 3.91. The van der Waals surface area contributed by atoms with Crippen molar-refractivity contribution >= 4 is 81.1 Å². The highest BCUT2D eigenvalue weighted by Gasteiger charge is 2.61. The zero-order valence-corrected chi connectivity index (χ0v) is 48.9. The van der Waals surface area contributed by atoms with E-state index in [1.807, 2.05) is 62.4 Å². The van der Waals surface area contributed by atoms with Crippen molar-refractivity contribution in [3.63, 3.8) is 0 Å². The molecule has 0 aliphatic carbocycles. The van der Waals surface area contributed by atoms with Gasteiger partial charge in [-0.25, -0.2) is 9.97 Å². The molecule has 424 valence electrons. The van der Waals surface area contributed by atoms with E-state index in [1.165, 1.54) is 30.4 Å². The summed E-state index contributed by atoms with van der Waals surface area (Å²) in [4.78, 5) is 72.1. The highest BCUT2D eigenvalue weighted by atomic mass is 35.5. The average molecular weight is 1110 g/mol. The van der Waals surface area contributed by atoms with Crippen LogP contribution in [0.5, 0.6) is 0 Å². The maximum atomic E-state index is 15.0. The summed E-state index contributed by atoms with van der Waals surface area (Å²) >= 11 is 13.9. The second-order valence-electron chi connectivity index (χ2n) is 20.5. The number of aryl methyl sites for hydroxylation is 1. The molecule has 3 fully saturated rings. The second-order valence-corrected chi connectivity index (χ2v) is 22.6. The summed E-state index contributed by atoms with van der Waals surface area (Å²) in [6.07, 6.45) is 4.61. The van der Waals surface area contributed by atoms with Crippen LogP contribution in [0, 0.1) is 29.6 Å². The number of nitrogens with zero attached hydrogens (tertiary/aromatic N) is 5. The molecule has 3 aromatic rings. The van der Waals surface area contributed by atoms with Gasteiger partial charge in [0.25, 0.3) is 5.91 Å². The van der Waals surface area contributed by atoms with Crippen LogP contribution in [0.3, 0.4) is 0 Å². The monoisotopic (exact) mass is 1110 g/mol. The Balaban J connectivity index is 0.00000154. The fourth-order valence-corrected chi connectivity index (χ4v) is 12.4. The van der Waals surface area contributed by atoms with Crippen LogP contribution in [-0.4, -0.2) is 148 Å². The van der Waals surface area contributed by atoms with E-state index < -0.39 is 88.5 Å². The number of nitrogens with two attached hydrogens (primary N) is 1. The molecule has 14 atom stereocenters. The number of thioether (sulfide) groups is 1. The summed E-state index contributed by atoms with van der Waals surface area (Å²) < 4.78 is 40.2.